The van der Waals surface area contributed by atoms with Crippen LogP contribution in [-0.2, 0) is 19.1 Å². The molecule has 2 saturated heterocycles. The van der Waals surface area contributed by atoms with E-state index in [1.165, 1.54) is 0 Å². The molecule has 0 aliphatic carbocycles. The first kappa shape index (κ1) is 17.7. The molecule has 1 N–H and O–H groups in total. The molecule has 2 aliphatic heterocycles. The predicted octanol–water partition coefficient (Wildman–Crippen LogP) is 1.85. The van der Waals surface area contributed by atoms with Crippen molar-refractivity contribution in [3.63, 3.8) is 0 Å². The standard InChI is InChI=1S/C15H23FN2O5/c1-2-3-4-5-6-8-11(19)23-15-12(16)13(20)17-14(21)18(15)9-7-10-22-15/h12H,2-10H2,1H3,(H,17,20,21)/t12-,15?/m1/s1. The number of hydrogen-bond acceptors (Lipinski definition) is 5. The molecule has 0 aromatic rings. The average Bonchev–Trinajstić information content (AvgIpc) is 2.53. The molecule has 23 heavy (non-hydrogen) atoms. The van der Waals surface area contributed by atoms with E-state index in [-0.39, 0.29) is 19.6 Å². The van der Waals surface area contributed by atoms with Gasteiger partial charge in [0.1, 0.15) is 0 Å². The first-order valence-electron chi connectivity index (χ1n) is 8.13. The van der Waals surface area contributed by atoms with E-state index in [1.54, 1.807) is 0 Å². The molecule has 7 nitrogen and oxygen atoms in total. The van der Waals surface area contributed by atoms with Crippen molar-refractivity contribution < 1.29 is 28.2 Å². The third kappa shape index (κ3) is 3.80. The molecule has 0 aromatic heterocycles. The summed E-state index contributed by atoms with van der Waals surface area (Å²) in [4.78, 5) is 36.4. The molecule has 2 atom stereocenters. The van der Waals surface area contributed by atoms with Gasteiger partial charge in [0.2, 0.25) is 0 Å². The number of fused-ring (bicyclic) bond motifs is 1. The highest BCUT2D eigenvalue weighted by Gasteiger charge is 2.60. The number of halogens is 1. The summed E-state index contributed by atoms with van der Waals surface area (Å²) >= 11 is 0. The summed E-state index contributed by atoms with van der Waals surface area (Å²) < 4.78 is 24.8. The summed E-state index contributed by atoms with van der Waals surface area (Å²) in [7, 11) is 0. The quantitative estimate of drug-likeness (QED) is 0.569. The van der Waals surface area contributed by atoms with Crippen LogP contribution in [0.25, 0.3) is 0 Å². The number of esters is 1. The topological polar surface area (TPSA) is 84.9 Å². The Hall–Kier alpha value is -1.70. The molecular weight excluding hydrogens is 307 g/mol. The lowest BCUT2D eigenvalue weighted by atomic mass is 10.1. The lowest BCUT2D eigenvalue weighted by molar-refractivity contribution is -0.327. The molecular formula is C15H23FN2O5. The van der Waals surface area contributed by atoms with E-state index in [4.69, 9.17) is 9.47 Å². The maximum Gasteiger partial charge on any atom is 0.343 e. The van der Waals surface area contributed by atoms with E-state index < -0.39 is 30.0 Å². The summed E-state index contributed by atoms with van der Waals surface area (Å²) in [6.07, 6.45) is 3.02. The fourth-order valence-corrected chi connectivity index (χ4v) is 2.75. The number of nitrogens with one attached hydrogen (secondary N) is 1. The van der Waals surface area contributed by atoms with Crippen LogP contribution in [0.2, 0.25) is 0 Å². The summed E-state index contributed by atoms with van der Waals surface area (Å²) in [5.41, 5.74) is 0. The van der Waals surface area contributed by atoms with E-state index in [9.17, 15) is 18.8 Å². The van der Waals surface area contributed by atoms with E-state index >= 15 is 0 Å². The maximum absolute atomic E-state index is 14.4. The van der Waals surface area contributed by atoms with Crippen LogP contribution in [0.4, 0.5) is 9.18 Å². The number of ether oxygens (including phenoxy) is 2. The van der Waals surface area contributed by atoms with Crippen molar-refractivity contribution in [2.45, 2.75) is 64.0 Å². The molecule has 0 saturated carbocycles. The molecule has 0 radical (unpaired) electrons. The third-order valence-corrected chi connectivity index (χ3v) is 3.98. The van der Waals surface area contributed by atoms with Gasteiger partial charge in [-0.15, -0.1) is 0 Å². The number of carbonyl (C=O) groups excluding carboxylic acids is 3. The van der Waals surface area contributed by atoms with Gasteiger partial charge in [0.05, 0.1) is 6.61 Å². The number of hydrogen-bond donors (Lipinski definition) is 1. The molecule has 0 bridgehead atoms. The van der Waals surface area contributed by atoms with Crippen LogP contribution in [-0.4, -0.2) is 48.0 Å². The average molecular weight is 330 g/mol. The molecule has 2 rings (SSSR count). The molecule has 0 aromatic carbocycles. The zero-order valence-corrected chi connectivity index (χ0v) is 13.3. The van der Waals surface area contributed by atoms with Gasteiger partial charge < -0.3 is 9.47 Å². The van der Waals surface area contributed by atoms with Crippen LogP contribution in [0.5, 0.6) is 0 Å². The minimum absolute atomic E-state index is 0.102. The van der Waals surface area contributed by atoms with Gasteiger partial charge in [-0.2, -0.15) is 0 Å². The van der Waals surface area contributed by atoms with Gasteiger partial charge in [0.15, 0.2) is 0 Å². The zero-order chi connectivity index (χ0) is 16.9. The molecule has 2 aliphatic rings. The van der Waals surface area contributed by atoms with Gasteiger partial charge in [0.25, 0.3) is 12.1 Å². The van der Waals surface area contributed by atoms with Crippen LogP contribution >= 0.6 is 0 Å². The van der Waals surface area contributed by atoms with Crippen molar-refractivity contribution in [3.8, 4) is 0 Å². The first-order valence-corrected chi connectivity index (χ1v) is 8.13. The van der Waals surface area contributed by atoms with E-state index in [2.05, 4.69) is 6.92 Å². The van der Waals surface area contributed by atoms with Crippen molar-refractivity contribution in [1.82, 2.24) is 10.2 Å². The Labute approximate surface area is 134 Å². The Morgan fingerprint density at radius 1 is 1.39 bits per heavy atom. The lowest BCUT2D eigenvalue weighted by Gasteiger charge is -2.47. The smallest absolute Gasteiger partial charge is 0.343 e. The predicted molar refractivity (Wildman–Crippen MR) is 77.9 cm³/mol. The fourth-order valence-electron chi connectivity index (χ4n) is 2.75. The van der Waals surface area contributed by atoms with E-state index in [1.807, 2.05) is 5.32 Å². The molecule has 8 heteroatoms. The Balaban J connectivity index is 1.99. The van der Waals surface area contributed by atoms with Crippen LogP contribution in [0.1, 0.15) is 51.9 Å². The fraction of sp³-hybridized carbons (Fsp3) is 0.800. The number of unbranched alkanes of at least 4 members (excludes halogenated alkanes) is 4. The van der Waals surface area contributed by atoms with Crippen molar-refractivity contribution in [1.29, 1.82) is 0 Å². The second-order valence-corrected chi connectivity index (χ2v) is 5.78. The minimum Gasteiger partial charge on any atom is -0.410 e. The van der Waals surface area contributed by atoms with Gasteiger partial charge >= 0.3 is 17.9 Å². The van der Waals surface area contributed by atoms with Gasteiger partial charge in [-0.1, -0.05) is 32.6 Å². The number of alkyl halides is 1. The summed E-state index contributed by atoms with van der Waals surface area (Å²) in [5.74, 6) is -4.07. The Morgan fingerprint density at radius 3 is 2.87 bits per heavy atom. The number of rotatable bonds is 7. The molecule has 0 spiro atoms. The highest BCUT2D eigenvalue weighted by Crippen LogP contribution is 2.33. The van der Waals surface area contributed by atoms with Gasteiger partial charge in [0, 0.05) is 13.0 Å². The zero-order valence-electron chi connectivity index (χ0n) is 13.3. The molecule has 2 heterocycles. The summed E-state index contributed by atoms with van der Waals surface area (Å²) in [6, 6.07) is -0.806. The van der Waals surface area contributed by atoms with Crippen LogP contribution < -0.4 is 5.32 Å². The van der Waals surface area contributed by atoms with Gasteiger partial charge in [-0.05, 0) is 12.8 Å². The highest BCUT2D eigenvalue weighted by molar-refractivity contribution is 6.00. The van der Waals surface area contributed by atoms with Gasteiger partial charge in [-0.25, -0.2) is 9.18 Å². The number of urea groups is 1. The van der Waals surface area contributed by atoms with Crippen molar-refractivity contribution in [2.75, 3.05) is 13.2 Å². The van der Waals surface area contributed by atoms with Crippen LogP contribution in [0.15, 0.2) is 0 Å². The molecule has 130 valence electrons. The van der Waals surface area contributed by atoms with Crippen LogP contribution in [0.3, 0.4) is 0 Å². The normalized spacial score (nSPS) is 27.4. The number of amides is 3. The number of carbonyl (C=O) groups is 3. The Bertz CT molecular complexity index is 473. The second kappa shape index (κ2) is 7.72. The van der Waals surface area contributed by atoms with E-state index in [0.717, 1.165) is 30.6 Å². The molecule has 3 amide bonds. The highest BCUT2D eigenvalue weighted by atomic mass is 19.1. The SMILES string of the molecule is CCCCCCCC(=O)OC12OCCCN1C(=O)NC(=O)[C@H]2F. The monoisotopic (exact) mass is 330 g/mol. The van der Waals surface area contributed by atoms with Crippen molar-refractivity contribution >= 4 is 17.9 Å². The summed E-state index contributed by atoms with van der Waals surface area (Å²) in [6.45, 7) is 2.36. The lowest BCUT2D eigenvalue weighted by Crippen LogP contribution is -2.73. The maximum atomic E-state index is 14.4. The number of imide groups is 1. The molecule has 1 unspecified atom stereocenters. The summed E-state index contributed by atoms with van der Waals surface area (Å²) in [5, 5.41) is 1.89. The second-order valence-electron chi connectivity index (χ2n) is 5.78. The van der Waals surface area contributed by atoms with Crippen molar-refractivity contribution in [2.24, 2.45) is 0 Å². The third-order valence-electron chi connectivity index (χ3n) is 3.98. The number of nitrogens with zero attached hydrogens (tertiary/aromatic N) is 1. The Morgan fingerprint density at radius 2 is 2.13 bits per heavy atom. The Kier molecular flexibility index (Phi) is 5.92. The molecule has 2 fully saturated rings. The van der Waals surface area contributed by atoms with E-state index in [0.29, 0.717) is 12.8 Å². The van der Waals surface area contributed by atoms with Gasteiger partial charge in [-0.3, -0.25) is 19.8 Å². The van der Waals surface area contributed by atoms with Crippen molar-refractivity contribution in [3.05, 3.63) is 0 Å². The minimum atomic E-state index is -2.26. The van der Waals surface area contributed by atoms with Crippen LogP contribution in [0, 0.1) is 0 Å². The largest absolute Gasteiger partial charge is 0.410 e. The first-order chi connectivity index (χ1) is 11.0.